The maximum absolute atomic E-state index is 12.7. The Labute approximate surface area is 178 Å². The summed E-state index contributed by atoms with van der Waals surface area (Å²) in [5, 5.41) is 4.18. The van der Waals surface area contributed by atoms with Crippen LogP contribution in [0.1, 0.15) is 36.4 Å². The molecule has 5 rings (SSSR count). The maximum Gasteiger partial charge on any atom is 0.273 e. The van der Waals surface area contributed by atoms with Crippen molar-refractivity contribution in [3.05, 3.63) is 39.5 Å². The second-order valence-corrected chi connectivity index (χ2v) is 9.53. The van der Waals surface area contributed by atoms with Gasteiger partial charge in [0.25, 0.3) is 5.56 Å². The van der Waals surface area contributed by atoms with Gasteiger partial charge < -0.3 is 9.64 Å². The first-order valence-corrected chi connectivity index (χ1v) is 11.3. The van der Waals surface area contributed by atoms with Crippen molar-refractivity contribution in [2.24, 2.45) is 5.41 Å². The highest BCUT2D eigenvalue weighted by atomic mass is 32.1. The Balaban J connectivity index is 1.38. The van der Waals surface area contributed by atoms with E-state index in [1.807, 2.05) is 19.9 Å². The Bertz CT molecular complexity index is 1100. The number of hydrogen-bond acceptors (Lipinski definition) is 7. The van der Waals surface area contributed by atoms with Gasteiger partial charge >= 0.3 is 0 Å². The molecule has 5 heterocycles. The number of aryl methyl sites for hydroxylation is 2. The van der Waals surface area contributed by atoms with E-state index in [0.717, 1.165) is 79.1 Å². The van der Waals surface area contributed by atoms with Gasteiger partial charge in [0, 0.05) is 38.4 Å². The zero-order valence-corrected chi connectivity index (χ0v) is 18.2. The average Bonchev–Trinajstić information content (AvgIpc) is 3.30. The molecule has 1 N–H and O–H groups in total. The third-order valence-electron chi connectivity index (χ3n) is 6.44. The Hall–Kier alpha value is -2.52. The highest BCUT2D eigenvalue weighted by molar-refractivity contribution is 7.15. The third-order valence-corrected chi connectivity index (χ3v) is 7.54. The summed E-state index contributed by atoms with van der Waals surface area (Å²) in [7, 11) is 0. The van der Waals surface area contributed by atoms with Crippen LogP contribution in [0.4, 0.5) is 5.82 Å². The van der Waals surface area contributed by atoms with Gasteiger partial charge in [-0.2, -0.15) is 0 Å². The van der Waals surface area contributed by atoms with E-state index in [4.69, 9.17) is 4.74 Å². The lowest BCUT2D eigenvalue weighted by Gasteiger charge is -2.44. The van der Waals surface area contributed by atoms with Crippen molar-refractivity contribution >= 4 is 17.2 Å². The van der Waals surface area contributed by atoms with E-state index >= 15 is 0 Å². The lowest BCUT2D eigenvalue weighted by molar-refractivity contribution is 0.00206. The summed E-state index contributed by atoms with van der Waals surface area (Å²) in [5.41, 5.74) is 1.98. The quantitative estimate of drug-likeness (QED) is 0.692. The molecule has 2 aliphatic rings. The SMILES string of the molecule is Cc1nc(C)c(-c2cc(=O)n(-c3cc(N4CCC5(CCOCC5)CC4)ncn3)[nH]2)s1. The fourth-order valence-corrected chi connectivity index (χ4v) is 5.50. The number of aromatic amines is 1. The number of nitrogens with zero attached hydrogens (tertiary/aromatic N) is 5. The van der Waals surface area contributed by atoms with Gasteiger partial charge in [-0.15, -0.1) is 11.3 Å². The molecule has 0 aromatic carbocycles. The lowest BCUT2D eigenvalue weighted by atomic mass is 9.72. The fraction of sp³-hybridized carbons (Fsp3) is 0.524. The molecule has 158 valence electrons. The topological polar surface area (TPSA) is 88.9 Å². The molecule has 0 unspecified atom stereocenters. The van der Waals surface area contributed by atoms with Gasteiger partial charge in [-0.05, 0) is 44.9 Å². The summed E-state index contributed by atoms with van der Waals surface area (Å²) in [6, 6.07) is 3.51. The minimum atomic E-state index is -0.139. The Morgan fingerprint density at radius 2 is 1.80 bits per heavy atom. The summed E-state index contributed by atoms with van der Waals surface area (Å²) in [6.45, 7) is 7.64. The Morgan fingerprint density at radius 3 is 2.50 bits per heavy atom. The summed E-state index contributed by atoms with van der Waals surface area (Å²) in [5.74, 6) is 1.43. The van der Waals surface area contributed by atoms with E-state index in [0.29, 0.717) is 11.2 Å². The summed E-state index contributed by atoms with van der Waals surface area (Å²) < 4.78 is 7.04. The predicted molar refractivity (Wildman–Crippen MR) is 116 cm³/mol. The number of piperidine rings is 1. The second kappa shape index (κ2) is 7.63. The van der Waals surface area contributed by atoms with Gasteiger partial charge in [0.2, 0.25) is 0 Å². The molecule has 0 saturated carbocycles. The van der Waals surface area contributed by atoms with Crippen molar-refractivity contribution in [3.63, 3.8) is 0 Å². The molecule has 2 aliphatic heterocycles. The molecule has 2 fully saturated rings. The van der Waals surface area contributed by atoms with E-state index in [9.17, 15) is 4.79 Å². The number of aromatic nitrogens is 5. The molecule has 0 atom stereocenters. The van der Waals surface area contributed by atoms with E-state index < -0.39 is 0 Å². The van der Waals surface area contributed by atoms with Crippen molar-refractivity contribution in [2.75, 3.05) is 31.2 Å². The first-order valence-electron chi connectivity index (χ1n) is 10.4. The molecule has 3 aromatic rings. The summed E-state index contributed by atoms with van der Waals surface area (Å²) >= 11 is 1.58. The molecule has 0 radical (unpaired) electrons. The third kappa shape index (κ3) is 3.56. The van der Waals surface area contributed by atoms with Gasteiger partial charge in [-0.1, -0.05) is 0 Å². The molecule has 3 aromatic heterocycles. The predicted octanol–water partition coefficient (Wildman–Crippen LogP) is 3.09. The van der Waals surface area contributed by atoms with Crippen LogP contribution in [-0.4, -0.2) is 51.0 Å². The van der Waals surface area contributed by atoms with Gasteiger partial charge in [0.15, 0.2) is 5.82 Å². The Morgan fingerprint density at radius 1 is 1.07 bits per heavy atom. The van der Waals surface area contributed by atoms with E-state index in [1.165, 1.54) is 4.68 Å². The number of ether oxygens (including phenoxy) is 1. The average molecular weight is 427 g/mol. The van der Waals surface area contributed by atoms with Crippen molar-refractivity contribution in [1.29, 1.82) is 0 Å². The van der Waals surface area contributed by atoms with Crippen molar-refractivity contribution in [1.82, 2.24) is 24.7 Å². The largest absolute Gasteiger partial charge is 0.381 e. The zero-order chi connectivity index (χ0) is 20.7. The number of rotatable bonds is 3. The van der Waals surface area contributed by atoms with Crippen LogP contribution in [0.2, 0.25) is 0 Å². The second-order valence-electron chi connectivity index (χ2n) is 8.32. The molecule has 8 nitrogen and oxygen atoms in total. The van der Waals surface area contributed by atoms with Crippen LogP contribution in [0.3, 0.4) is 0 Å². The summed E-state index contributed by atoms with van der Waals surface area (Å²) in [6.07, 6.45) is 6.18. The minimum Gasteiger partial charge on any atom is -0.381 e. The number of nitrogens with one attached hydrogen (secondary N) is 1. The fourth-order valence-electron chi connectivity index (χ4n) is 4.61. The molecular formula is C21H26N6O2S. The van der Waals surface area contributed by atoms with Crippen molar-refractivity contribution < 1.29 is 4.74 Å². The van der Waals surface area contributed by atoms with Crippen LogP contribution < -0.4 is 10.5 Å². The molecular weight excluding hydrogens is 400 g/mol. The van der Waals surface area contributed by atoms with Crippen LogP contribution >= 0.6 is 11.3 Å². The van der Waals surface area contributed by atoms with Gasteiger partial charge in [0.05, 0.1) is 21.3 Å². The first-order chi connectivity index (χ1) is 14.5. The first kappa shape index (κ1) is 19.4. The highest BCUT2D eigenvalue weighted by Crippen LogP contribution is 2.41. The van der Waals surface area contributed by atoms with Crippen LogP contribution in [0, 0.1) is 19.3 Å². The highest BCUT2D eigenvalue weighted by Gasteiger charge is 2.36. The Kier molecular flexibility index (Phi) is 4.94. The van der Waals surface area contributed by atoms with Crippen LogP contribution in [0.5, 0.6) is 0 Å². The molecule has 0 aliphatic carbocycles. The van der Waals surface area contributed by atoms with Gasteiger partial charge in [-0.25, -0.2) is 19.6 Å². The van der Waals surface area contributed by atoms with E-state index in [2.05, 4.69) is 25.0 Å². The van der Waals surface area contributed by atoms with Crippen molar-refractivity contribution in [3.8, 4) is 16.4 Å². The number of anilines is 1. The van der Waals surface area contributed by atoms with Crippen molar-refractivity contribution in [2.45, 2.75) is 39.5 Å². The molecule has 0 bridgehead atoms. The lowest BCUT2D eigenvalue weighted by Crippen LogP contribution is -2.43. The molecule has 0 amide bonds. The zero-order valence-electron chi connectivity index (χ0n) is 17.3. The number of H-pyrrole nitrogens is 1. The minimum absolute atomic E-state index is 0.139. The van der Waals surface area contributed by atoms with Gasteiger partial charge in [0.1, 0.15) is 12.1 Å². The number of thiazole rings is 1. The molecule has 30 heavy (non-hydrogen) atoms. The smallest absolute Gasteiger partial charge is 0.273 e. The van der Waals surface area contributed by atoms with Crippen LogP contribution in [-0.2, 0) is 4.74 Å². The molecule has 1 spiro atoms. The van der Waals surface area contributed by atoms with Gasteiger partial charge in [-0.3, -0.25) is 9.89 Å². The molecule has 2 saturated heterocycles. The summed E-state index contributed by atoms with van der Waals surface area (Å²) in [4.78, 5) is 29.2. The normalized spacial score (nSPS) is 18.8. The molecule has 9 heteroatoms. The number of hydrogen-bond donors (Lipinski definition) is 1. The monoisotopic (exact) mass is 426 g/mol. The van der Waals surface area contributed by atoms with Crippen LogP contribution in [0.25, 0.3) is 16.4 Å². The van der Waals surface area contributed by atoms with E-state index in [-0.39, 0.29) is 5.56 Å². The maximum atomic E-state index is 12.7. The standard InChI is InChI=1S/C21H26N6O2S/c1-14-20(30-15(2)24-14)16-11-19(28)27(25-16)18-12-17(22-13-23-18)26-7-3-21(4-8-26)5-9-29-10-6-21/h11-13,25H,3-10H2,1-2H3. The van der Waals surface area contributed by atoms with Crippen LogP contribution in [0.15, 0.2) is 23.3 Å². The van der Waals surface area contributed by atoms with E-state index in [1.54, 1.807) is 23.7 Å².